The lowest BCUT2D eigenvalue weighted by molar-refractivity contribution is 0.0944. The zero-order valence-corrected chi connectivity index (χ0v) is 5.97. The summed E-state index contributed by atoms with van der Waals surface area (Å²) in [4.78, 5) is 11.3. The predicted octanol–water partition coefficient (Wildman–Crippen LogP) is -0.440. The zero-order valence-electron chi connectivity index (χ0n) is 5.16. The molecule has 0 fully saturated rings. The van der Waals surface area contributed by atoms with Crippen LogP contribution in [0.2, 0.25) is 0 Å². The predicted molar refractivity (Wildman–Crippen MR) is 34.2 cm³/mol. The van der Waals surface area contributed by atoms with Gasteiger partial charge in [-0.1, -0.05) is 4.49 Å². The number of carbonyl (C=O) groups excluding carboxylic acids is 1. The average molecular weight is 156 g/mol. The van der Waals surface area contributed by atoms with E-state index in [9.17, 15) is 4.79 Å². The Morgan fingerprint density at radius 2 is 2.50 bits per heavy atom. The second-order valence-corrected chi connectivity index (χ2v) is 2.58. The van der Waals surface area contributed by atoms with Crippen molar-refractivity contribution in [1.82, 2.24) is 20.9 Å². The summed E-state index contributed by atoms with van der Waals surface area (Å²) in [6.07, 6.45) is 0. The van der Waals surface area contributed by atoms with Gasteiger partial charge in [-0.3, -0.25) is 4.79 Å². The maximum Gasteiger partial charge on any atom is 0.289 e. The second-order valence-electron chi connectivity index (χ2n) is 1.62. The van der Waals surface area contributed by atoms with Crippen molar-refractivity contribution in [3.05, 3.63) is 10.6 Å². The quantitative estimate of drug-likeness (QED) is 0.560. The molecule has 0 bridgehead atoms. The van der Waals surface area contributed by atoms with E-state index in [1.807, 2.05) is 0 Å². The summed E-state index contributed by atoms with van der Waals surface area (Å²) >= 11 is 1.12. The maximum atomic E-state index is 10.6. The zero-order chi connectivity index (χ0) is 7.56. The van der Waals surface area contributed by atoms with E-state index in [1.54, 1.807) is 6.92 Å². The minimum atomic E-state index is -0.619. The molecule has 1 heterocycles. The fraction of sp³-hybridized carbons (Fsp3) is 0.250. The highest BCUT2D eigenvalue weighted by Gasteiger charge is 2.11. The number of nitrogens with one attached hydrogen (secondary N) is 1. The third kappa shape index (κ3) is 1.12. The Balaban J connectivity index is 2.93. The molecule has 1 amide bonds. The van der Waals surface area contributed by atoms with Gasteiger partial charge in [0.1, 0.15) is 0 Å². The molecule has 0 spiro atoms. The van der Waals surface area contributed by atoms with Crippen LogP contribution in [0.3, 0.4) is 0 Å². The number of aryl methyl sites for hydroxylation is 1. The van der Waals surface area contributed by atoms with Crippen molar-refractivity contribution < 1.29 is 4.79 Å². The van der Waals surface area contributed by atoms with Crippen molar-refractivity contribution in [2.45, 2.75) is 6.92 Å². The third-order valence-electron chi connectivity index (χ3n) is 0.969. The molecule has 52 valence electrons. The van der Waals surface area contributed by atoms with Crippen molar-refractivity contribution >= 4 is 17.4 Å². The van der Waals surface area contributed by atoms with Gasteiger partial charge in [0.2, 0.25) is 0 Å². The van der Waals surface area contributed by atoms with E-state index < -0.39 is 5.91 Å². The molecule has 0 unspecified atom stereocenters. The molecule has 10 heavy (non-hydrogen) atoms. The van der Waals surface area contributed by atoms with Gasteiger partial charge >= 0.3 is 0 Å². The Morgan fingerprint density at radius 3 is 2.90 bits per heavy atom. The van der Waals surface area contributed by atoms with Crippen molar-refractivity contribution in [2.75, 3.05) is 0 Å². The molecule has 0 aliphatic heterocycles. The van der Waals surface area contributed by atoms with Gasteiger partial charge in [-0.05, 0) is 24.3 Å². The molecule has 1 aromatic rings. The summed E-state index contributed by atoms with van der Waals surface area (Å²) in [6.45, 7) is 1.70. The second kappa shape index (κ2) is 2.72. The molecule has 1 aromatic heterocycles. The van der Waals surface area contributed by atoms with Crippen LogP contribution in [0.25, 0.3) is 0 Å². The number of nitrogens with zero attached hydrogens (tertiary/aromatic N) is 3. The average Bonchev–Trinajstić information content (AvgIpc) is 2.34. The van der Waals surface area contributed by atoms with E-state index in [-0.39, 0.29) is 5.69 Å². The fourth-order valence-electron chi connectivity index (χ4n) is 0.494. The van der Waals surface area contributed by atoms with E-state index >= 15 is 0 Å². The van der Waals surface area contributed by atoms with Gasteiger partial charge in [-0.25, -0.2) is 5.43 Å². The molecule has 1 rings (SSSR count). The SMILES string of the molecule is Cc1snnc1C(=O)N[N]. The van der Waals surface area contributed by atoms with E-state index in [4.69, 9.17) is 5.84 Å². The number of hydrogen-bond acceptors (Lipinski definition) is 4. The Morgan fingerprint density at radius 1 is 1.80 bits per heavy atom. The Bertz CT molecular complexity index is 245. The van der Waals surface area contributed by atoms with E-state index in [0.717, 1.165) is 11.5 Å². The lowest BCUT2D eigenvalue weighted by Crippen LogP contribution is -2.21. The summed E-state index contributed by atoms with van der Waals surface area (Å²) in [5.41, 5.74) is 1.65. The summed E-state index contributed by atoms with van der Waals surface area (Å²) in [5.74, 6) is 7.55. The van der Waals surface area contributed by atoms with Crippen LogP contribution in [0.15, 0.2) is 0 Å². The van der Waals surface area contributed by atoms with Gasteiger partial charge in [-0.15, -0.1) is 5.10 Å². The number of aromatic nitrogens is 2. The fourth-order valence-corrected chi connectivity index (χ4v) is 0.959. The molecule has 0 saturated carbocycles. The van der Waals surface area contributed by atoms with Crippen molar-refractivity contribution in [3.63, 3.8) is 0 Å². The first-order valence-corrected chi connectivity index (χ1v) is 3.26. The Hall–Kier alpha value is -1.01. The Labute approximate surface area is 61.4 Å². The van der Waals surface area contributed by atoms with Gasteiger partial charge in [0.15, 0.2) is 5.69 Å². The van der Waals surface area contributed by atoms with Crippen molar-refractivity contribution in [2.24, 2.45) is 0 Å². The minimum absolute atomic E-state index is 0.174. The summed E-state index contributed by atoms with van der Waals surface area (Å²) in [5, 5.41) is 3.48. The standard InChI is InChI=1S/C4H4N4OS/c1-2-3(4(9)6-5)7-8-10-2/h1H3,(H,6,9). The van der Waals surface area contributed by atoms with Crippen LogP contribution in [0.4, 0.5) is 0 Å². The molecular weight excluding hydrogens is 152 g/mol. The number of rotatable bonds is 1. The molecule has 0 aromatic carbocycles. The largest absolute Gasteiger partial charge is 0.289 e. The van der Waals surface area contributed by atoms with Crippen LogP contribution in [0, 0.1) is 6.92 Å². The monoisotopic (exact) mass is 156 g/mol. The number of amides is 1. The summed E-state index contributed by atoms with van der Waals surface area (Å²) in [7, 11) is 0. The molecule has 2 radical (unpaired) electrons. The van der Waals surface area contributed by atoms with Crippen LogP contribution in [0.1, 0.15) is 15.4 Å². The molecule has 0 atom stereocenters. The van der Waals surface area contributed by atoms with Crippen molar-refractivity contribution in [3.8, 4) is 0 Å². The van der Waals surface area contributed by atoms with E-state index in [1.165, 1.54) is 5.43 Å². The van der Waals surface area contributed by atoms with Crippen LogP contribution >= 0.6 is 11.5 Å². The molecule has 0 saturated heterocycles. The summed E-state index contributed by atoms with van der Waals surface area (Å²) < 4.78 is 3.51. The van der Waals surface area contributed by atoms with E-state index in [0.29, 0.717) is 4.88 Å². The lowest BCUT2D eigenvalue weighted by atomic mass is 10.4. The lowest BCUT2D eigenvalue weighted by Gasteiger charge is -1.89. The van der Waals surface area contributed by atoms with Gasteiger partial charge < -0.3 is 0 Å². The van der Waals surface area contributed by atoms with Gasteiger partial charge in [0.05, 0.1) is 4.88 Å². The van der Waals surface area contributed by atoms with Crippen LogP contribution in [-0.2, 0) is 0 Å². The third-order valence-corrected chi connectivity index (χ3v) is 1.60. The van der Waals surface area contributed by atoms with E-state index in [2.05, 4.69) is 9.59 Å². The minimum Gasteiger partial charge on any atom is -0.266 e. The first-order chi connectivity index (χ1) is 4.75. The van der Waals surface area contributed by atoms with Gasteiger partial charge in [0.25, 0.3) is 5.91 Å². The highest BCUT2D eigenvalue weighted by molar-refractivity contribution is 7.05. The smallest absolute Gasteiger partial charge is 0.266 e. The Kier molecular flexibility index (Phi) is 1.93. The highest BCUT2D eigenvalue weighted by atomic mass is 32.1. The molecule has 0 aliphatic rings. The molecule has 0 aliphatic carbocycles. The van der Waals surface area contributed by atoms with Gasteiger partial charge in [-0.2, -0.15) is 0 Å². The molecule has 1 N–H and O–H groups in total. The van der Waals surface area contributed by atoms with Crippen LogP contribution in [-0.4, -0.2) is 15.5 Å². The first-order valence-electron chi connectivity index (χ1n) is 2.49. The normalized spacial score (nSPS) is 9.40. The van der Waals surface area contributed by atoms with Crippen LogP contribution < -0.4 is 11.3 Å². The highest BCUT2D eigenvalue weighted by Crippen LogP contribution is 2.06. The maximum absolute atomic E-state index is 10.6. The number of carbonyl (C=O) groups is 1. The van der Waals surface area contributed by atoms with Crippen LogP contribution in [0.5, 0.6) is 0 Å². The topological polar surface area (TPSA) is 77.2 Å². The first kappa shape index (κ1) is 7.10. The van der Waals surface area contributed by atoms with Gasteiger partial charge in [0, 0.05) is 0 Å². The molecule has 5 nitrogen and oxygen atoms in total. The molecule has 6 heteroatoms. The van der Waals surface area contributed by atoms with Crippen molar-refractivity contribution in [1.29, 1.82) is 0 Å². The molecular formula is C4H4N4OS. The summed E-state index contributed by atoms with van der Waals surface area (Å²) in [6, 6.07) is 0. The number of hydrogen-bond donors (Lipinski definition) is 1.